The van der Waals surface area contributed by atoms with Crippen molar-refractivity contribution in [2.45, 2.75) is 45.6 Å². The van der Waals surface area contributed by atoms with Crippen molar-refractivity contribution >= 4 is 21.9 Å². The number of hydrogen-bond donors (Lipinski definition) is 2. The van der Waals surface area contributed by atoms with Gasteiger partial charge in [0.15, 0.2) is 0 Å². The van der Waals surface area contributed by atoms with Gasteiger partial charge in [-0.25, -0.2) is 13.1 Å². The molecule has 0 aliphatic carbocycles. The zero-order chi connectivity index (χ0) is 16.0. The van der Waals surface area contributed by atoms with Gasteiger partial charge in [-0.05, 0) is 19.3 Å². The molecule has 1 fully saturated rings. The smallest absolute Gasteiger partial charge is 0.303 e. The average Bonchev–Trinajstić information content (AvgIpc) is 2.37. The number of aliphatic carboxylic acids is 1. The fourth-order valence-corrected chi connectivity index (χ4v) is 3.69. The zero-order valence-corrected chi connectivity index (χ0v) is 13.4. The maximum absolute atomic E-state index is 11.8. The molecule has 7 nitrogen and oxygen atoms in total. The molecule has 0 radical (unpaired) electrons. The molecule has 8 heteroatoms. The van der Waals surface area contributed by atoms with Gasteiger partial charge in [-0.2, -0.15) is 0 Å². The Bertz CT molecular complexity index is 467. The Hall–Kier alpha value is -1.15. The van der Waals surface area contributed by atoms with E-state index in [1.54, 1.807) is 4.90 Å². The monoisotopic (exact) mass is 320 g/mol. The molecule has 1 amide bonds. The second kappa shape index (κ2) is 7.74. The molecule has 0 aromatic rings. The van der Waals surface area contributed by atoms with Crippen molar-refractivity contribution < 1.29 is 23.1 Å². The molecule has 1 aliphatic heterocycles. The number of nitrogens with one attached hydrogen (secondary N) is 1. The summed E-state index contributed by atoms with van der Waals surface area (Å²) in [6.45, 7) is 4.80. The van der Waals surface area contributed by atoms with E-state index in [0.717, 1.165) is 0 Å². The fraction of sp³-hybridized carbons (Fsp3) is 0.846. The van der Waals surface area contributed by atoms with Crippen molar-refractivity contribution in [2.24, 2.45) is 5.92 Å². The highest BCUT2D eigenvalue weighted by Crippen LogP contribution is 2.14. The maximum atomic E-state index is 11.8. The highest BCUT2D eigenvalue weighted by Gasteiger charge is 2.26. The van der Waals surface area contributed by atoms with Gasteiger partial charge in [0.2, 0.25) is 15.9 Å². The number of amides is 1. The number of carbonyl (C=O) groups is 2. The van der Waals surface area contributed by atoms with E-state index in [-0.39, 0.29) is 36.5 Å². The lowest BCUT2D eigenvalue weighted by atomic mass is 10.0. The van der Waals surface area contributed by atoms with Gasteiger partial charge in [-0.15, -0.1) is 0 Å². The number of carboxylic acids is 1. The van der Waals surface area contributed by atoms with E-state index in [1.165, 1.54) is 0 Å². The first kappa shape index (κ1) is 17.9. The van der Waals surface area contributed by atoms with Gasteiger partial charge >= 0.3 is 5.97 Å². The van der Waals surface area contributed by atoms with Crippen LogP contribution in [-0.4, -0.2) is 55.2 Å². The second-order valence-electron chi connectivity index (χ2n) is 5.69. The summed E-state index contributed by atoms with van der Waals surface area (Å²) in [6.07, 6.45) is 1.14. The van der Waals surface area contributed by atoms with Crippen molar-refractivity contribution in [3.8, 4) is 0 Å². The number of nitrogens with zero attached hydrogens (tertiary/aromatic N) is 1. The van der Waals surface area contributed by atoms with Gasteiger partial charge < -0.3 is 10.0 Å². The Balaban J connectivity index is 2.38. The van der Waals surface area contributed by atoms with Crippen LogP contribution in [0.4, 0.5) is 0 Å². The SMILES string of the molecule is CC(C)C(=O)N1CCC(NS(=O)(=O)CCCC(=O)O)CC1. The number of carboxylic acid groups (broad SMARTS) is 1. The predicted molar refractivity (Wildman–Crippen MR) is 78.2 cm³/mol. The van der Waals surface area contributed by atoms with Gasteiger partial charge in [0.1, 0.15) is 0 Å². The minimum atomic E-state index is -3.45. The van der Waals surface area contributed by atoms with Crippen LogP contribution in [0.5, 0.6) is 0 Å². The first-order chi connectivity index (χ1) is 9.71. The lowest BCUT2D eigenvalue weighted by Crippen LogP contribution is -2.47. The lowest BCUT2D eigenvalue weighted by Gasteiger charge is -2.33. The summed E-state index contributed by atoms with van der Waals surface area (Å²) in [5.41, 5.74) is 0. The van der Waals surface area contributed by atoms with E-state index in [2.05, 4.69) is 4.72 Å². The van der Waals surface area contributed by atoms with Crippen LogP contribution >= 0.6 is 0 Å². The molecule has 1 rings (SSSR count). The topological polar surface area (TPSA) is 104 Å². The third-order valence-electron chi connectivity index (χ3n) is 3.45. The van der Waals surface area contributed by atoms with Crippen LogP contribution in [0, 0.1) is 5.92 Å². The summed E-state index contributed by atoms with van der Waals surface area (Å²) in [5, 5.41) is 8.50. The van der Waals surface area contributed by atoms with E-state index in [0.29, 0.717) is 25.9 Å². The molecule has 1 saturated heterocycles. The number of sulfonamides is 1. The molecule has 2 N–H and O–H groups in total. The minimum Gasteiger partial charge on any atom is -0.481 e. The van der Waals surface area contributed by atoms with Crippen LogP contribution in [0.3, 0.4) is 0 Å². The largest absolute Gasteiger partial charge is 0.481 e. The van der Waals surface area contributed by atoms with Crippen molar-refractivity contribution in [1.82, 2.24) is 9.62 Å². The van der Waals surface area contributed by atoms with Crippen LogP contribution in [0.15, 0.2) is 0 Å². The Labute approximate surface area is 125 Å². The number of likely N-dealkylation sites (tertiary alicyclic amines) is 1. The molecule has 0 spiro atoms. The molecule has 0 saturated carbocycles. The normalized spacial score (nSPS) is 17.2. The maximum Gasteiger partial charge on any atom is 0.303 e. The predicted octanol–water partition coefficient (Wildman–Crippen LogP) is 0.418. The van der Waals surface area contributed by atoms with E-state index >= 15 is 0 Å². The van der Waals surface area contributed by atoms with E-state index in [9.17, 15) is 18.0 Å². The van der Waals surface area contributed by atoms with E-state index < -0.39 is 16.0 Å². The van der Waals surface area contributed by atoms with Gasteiger partial charge in [0, 0.05) is 31.5 Å². The number of piperidine rings is 1. The van der Waals surface area contributed by atoms with Gasteiger partial charge in [0.25, 0.3) is 0 Å². The lowest BCUT2D eigenvalue weighted by molar-refractivity contribution is -0.137. The zero-order valence-electron chi connectivity index (χ0n) is 12.5. The summed E-state index contributed by atoms with van der Waals surface area (Å²) in [6, 6.07) is -0.170. The van der Waals surface area contributed by atoms with Gasteiger partial charge in [0.05, 0.1) is 5.75 Å². The first-order valence-electron chi connectivity index (χ1n) is 7.22. The summed E-state index contributed by atoms with van der Waals surface area (Å²) in [5.74, 6) is -1.12. The third kappa shape index (κ3) is 6.43. The van der Waals surface area contributed by atoms with Crippen LogP contribution in [0.25, 0.3) is 0 Å². The molecule has 21 heavy (non-hydrogen) atoms. The standard InChI is InChI=1S/C13H24N2O5S/c1-10(2)13(18)15-7-5-11(6-8-15)14-21(19,20)9-3-4-12(16)17/h10-11,14H,3-9H2,1-2H3,(H,16,17). The van der Waals surface area contributed by atoms with Crippen molar-refractivity contribution in [3.05, 3.63) is 0 Å². The van der Waals surface area contributed by atoms with Crippen molar-refractivity contribution in [1.29, 1.82) is 0 Å². The van der Waals surface area contributed by atoms with Crippen LogP contribution < -0.4 is 4.72 Å². The molecule has 0 unspecified atom stereocenters. The van der Waals surface area contributed by atoms with Gasteiger partial charge in [-0.3, -0.25) is 9.59 Å². The number of rotatable bonds is 7. The van der Waals surface area contributed by atoms with E-state index in [4.69, 9.17) is 5.11 Å². The number of carbonyl (C=O) groups excluding carboxylic acids is 1. The molecular weight excluding hydrogens is 296 g/mol. The Morgan fingerprint density at radius 1 is 1.29 bits per heavy atom. The summed E-state index contributed by atoms with van der Waals surface area (Å²) in [7, 11) is -3.45. The quantitative estimate of drug-likeness (QED) is 0.707. The average molecular weight is 320 g/mol. The molecular formula is C13H24N2O5S. The third-order valence-corrected chi connectivity index (χ3v) is 4.97. The Morgan fingerprint density at radius 3 is 2.33 bits per heavy atom. The molecule has 1 aliphatic rings. The molecule has 0 aromatic carbocycles. The first-order valence-corrected chi connectivity index (χ1v) is 8.87. The van der Waals surface area contributed by atoms with Crippen LogP contribution in [0.2, 0.25) is 0 Å². The highest BCUT2D eigenvalue weighted by molar-refractivity contribution is 7.89. The van der Waals surface area contributed by atoms with Crippen LogP contribution in [-0.2, 0) is 19.6 Å². The Kier molecular flexibility index (Phi) is 6.60. The van der Waals surface area contributed by atoms with Crippen molar-refractivity contribution in [2.75, 3.05) is 18.8 Å². The fourth-order valence-electron chi connectivity index (χ4n) is 2.31. The summed E-state index contributed by atoms with van der Waals surface area (Å²) >= 11 is 0. The van der Waals surface area contributed by atoms with Crippen LogP contribution in [0.1, 0.15) is 39.5 Å². The van der Waals surface area contributed by atoms with Crippen molar-refractivity contribution in [3.63, 3.8) is 0 Å². The van der Waals surface area contributed by atoms with E-state index in [1.807, 2.05) is 13.8 Å². The highest BCUT2D eigenvalue weighted by atomic mass is 32.2. The molecule has 122 valence electrons. The molecule has 0 atom stereocenters. The summed E-state index contributed by atoms with van der Waals surface area (Å²) in [4.78, 5) is 24.0. The number of hydrogen-bond acceptors (Lipinski definition) is 4. The second-order valence-corrected chi connectivity index (χ2v) is 7.56. The molecule has 0 aromatic heterocycles. The Morgan fingerprint density at radius 2 is 1.86 bits per heavy atom. The van der Waals surface area contributed by atoms with Gasteiger partial charge in [-0.1, -0.05) is 13.8 Å². The molecule has 1 heterocycles. The minimum absolute atomic E-state index is 0.0470. The summed E-state index contributed by atoms with van der Waals surface area (Å²) < 4.78 is 26.2. The molecule has 0 bridgehead atoms.